The van der Waals surface area contributed by atoms with Crippen molar-refractivity contribution in [3.63, 3.8) is 0 Å². The Labute approximate surface area is 202 Å². The van der Waals surface area contributed by atoms with E-state index in [1.54, 1.807) is 12.1 Å². The number of halogens is 1. The summed E-state index contributed by atoms with van der Waals surface area (Å²) in [5, 5.41) is 2.78. The van der Waals surface area contributed by atoms with E-state index in [9.17, 15) is 13.4 Å². The molecule has 0 saturated heterocycles. The van der Waals surface area contributed by atoms with Crippen LogP contribution in [-0.4, -0.2) is 61.3 Å². The molecule has 1 aromatic carbocycles. The number of primary amides is 1. The summed E-state index contributed by atoms with van der Waals surface area (Å²) >= 11 is 0. The molecule has 3 N–H and O–H groups in total. The lowest BCUT2D eigenvalue weighted by Gasteiger charge is -2.24. The molecular formula is C25H42FN3O3S. The van der Waals surface area contributed by atoms with Crippen LogP contribution in [0.4, 0.5) is 4.39 Å². The number of carbonyl (C=O) groups is 2. The van der Waals surface area contributed by atoms with E-state index in [0.717, 1.165) is 24.8 Å². The first-order valence-corrected chi connectivity index (χ1v) is 12.6. The average molecular weight is 484 g/mol. The molecule has 0 aromatic heterocycles. The monoisotopic (exact) mass is 483 g/mol. The summed E-state index contributed by atoms with van der Waals surface area (Å²) < 4.78 is 25.3. The van der Waals surface area contributed by atoms with Crippen LogP contribution in [0.5, 0.6) is 0 Å². The third-order valence-electron chi connectivity index (χ3n) is 3.52. The van der Waals surface area contributed by atoms with Crippen LogP contribution in [-0.2, 0) is 20.4 Å². The van der Waals surface area contributed by atoms with Gasteiger partial charge in [-0.2, -0.15) is 0 Å². The highest BCUT2D eigenvalue weighted by Crippen LogP contribution is 2.25. The molecule has 1 aliphatic rings. The zero-order chi connectivity index (χ0) is 26.1. The molecule has 1 heterocycles. The second-order valence-electron chi connectivity index (χ2n) is 6.79. The molecule has 0 fully saturated rings. The van der Waals surface area contributed by atoms with Crippen molar-refractivity contribution in [1.82, 2.24) is 10.2 Å². The summed E-state index contributed by atoms with van der Waals surface area (Å²) in [6.45, 7) is 11.0. The minimum absolute atomic E-state index is 0.250. The van der Waals surface area contributed by atoms with Gasteiger partial charge in [0.1, 0.15) is 12.1 Å². The number of nitrogens with two attached hydrogens (primary N) is 1. The van der Waals surface area contributed by atoms with Gasteiger partial charge in [0.05, 0.1) is 13.1 Å². The quantitative estimate of drug-likeness (QED) is 0.493. The van der Waals surface area contributed by atoms with Crippen LogP contribution in [0.2, 0.25) is 0 Å². The predicted molar refractivity (Wildman–Crippen MR) is 139 cm³/mol. The first kappa shape index (κ1) is 35.3. The van der Waals surface area contributed by atoms with Gasteiger partial charge < -0.3 is 15.8 Å². The molecule has 1 unspecified atom stereocenters. The Bertz CT molecular complexity index is 732. The van der Waals surface area contributed by atoms with Crippen LogP contribution < -0.4 is 11.1 Å². The fourth-order valence-corrected chi connectivity index (χ4v) is 2.79. The van der Waals surface area contributed by atoms with E-state index in [-0.39, 0.29) is 12.2 Å². The molecule has 1 aromatic rings. The zero-order valence-corrected chi connectivity index (χ0v) is 21.8. The summed E-state index contributed by atoms with van der Waals surface area (Å²) in [6.07, 6.45) is 12.7. The van der Waals surface area contributed by atoms with Crippen LogP contribution >= 0.6 is 0 Å². The number of hydrogen-bond acceptors (Lipinski definition) is 5. The third kappa shape index (κ3) is 20.0. The van der Waals surface area contributed by atoms with E-state index >= 15 is 0 Å². The van der Waals surface area contributed by atoms with Gasteiger partial charge >= 0.3 is 0 Å². The first-order chi connectivity index (χ1) is 15.8. The average Bonchev–Trinajstić information content (AvgIpc) is 2.77. The van der Waals surface area contributed by atoms with Crippen molar-refractivity contribution in [3.8, 4) is 12.3 Å². The number of nitrogens with one attached hydrogen (secondary N) is 1. The SMILES string of the molecule is C#CCNC.CCC.CCC.CS(=O)c1ccc(C2=CCN(CC=O)CC2)c(F)c1.NC=O. The topological polar surface area (TPSA) is 92.5 Å². The van der Waals surface area contributed by atoms with Crippen molar-refractivity contribution in [2.45, 2.75) is 51.9 Å². The Morgan fingerprint density at radius 2 is 1.79 bits per heavy atom. The van der Waals surface area contributed by atoms with E-state index in [0.29, 0.717) is 30.1 Å². The van der Waals surface area contributed by atoms with Crippen molar-refractivity contribution in [2.75, 3.05) is 39.5 Å². The normalized spacial score (nSPS) is 12.7. The van der Waals surface area contributed by atoms with E-state index in [1.807, 2.05) is 18.0 Å². The minimum atomic E-state index is -1.17. The van der Waals surface area contributed by atoms with Crippen LogP contribution in [0, 0.1) is 18.2 Å². The summed E-state index contributed by atoms with van der Waals surface area (Å²) in [5.41, 5.74) is 5.69. The van der Waals surface area contributed by atoms with Crippen LogP contribution in [0.25, 0.3) is 5.57 Å². The second kappa shape index (κ2) is 25.9. The van der Waals surface area contributed by atoms with E-state index < -0.39 is 10.8 Å². The number of aldehydes is 1. The van der Waals surface area contributed by atoms with Gasteiger partial charge in [0, 0.05) is 40.6 Å². The number of terminal acetylenes is 1. The maximum atomic E-state index is 14.0. The Morgan fingerprint density at radius 3 is 2.09 bits per heavy atom. The molecule has 33 heavy (non-hydrogen) atoms. The van der Waals surface area contributed by atoms with E-state index in [2.05, 4.69) is 44.7 Å². The highest BCUT2D eigenvalue weighted by atomic mass is 32.2. The first-order valence-electron chi connectivity index (χ1n) is 11.0. The number of amides is 1. The summed E-state index contributed by atoms with van der Waals surface area (Å²) in [6, 6.07) is 4.73. The molecule has 6 nitrogen and oxygen atoms in total. The summed E-state index contributed by atoms with van der Waals surface area (Å²) in [7, 11) is 0.652. The highest BCUT2D eigenvalue weighted by molar-refractivity contribution is 7.84. The van der Waals surface area contributed by atoms with E-state index in [1.165, 1.54) is 25.2 Å². The van der Waals surface area contributed by atoms with Crippen molar-refractivity contribution in [2.24, 2.45) is 5.73 Å². The van der Waals surface area contributed by atoms with Crippen molar-refractivity contribution >= 4 is 29.1 Å². The molecule has 0 bridgehead atoms. The molecule has 1 amide bonds. The van der Waals surface area contributed by atoms with Gasteiger partial charge in [-0.25, -0.2) is 4.39 Å². The molecule has 8 heteroatoms. The molecule has 0 aliphatic carbocycles. The lowest BCUT2D eigenvalue weighted by molar-refractivity contribution is -0.109. The van der Waals surface area contributed by atoms with Crippen LogP contribution in [0.3, 0.4) is 0 Å². The van der Waals surface area contributed by atoms with Crippen molar-refractivity contribution < 1.29 is 18.2 Å². The number of rotatable bonds is 5. The van der Waals surface area contributed by atoms with Gasteiger partial charge in [0.25, 0.3) is 0 Å². The minimum Gasteiger partial charge on any atom is -0.372 e. The summed E-state index contributed by atoms with van der Waals surface area (Å²) in [5.74, 6) is 2.08. The number of hydrogen-bond donors (Lipinski definition) is 2. The maximum absolute atomic E-state index is 14.0. The molecule has 1 aliphatic heterocycles. The van der Waals surface area contributed by atoms with Gasteiger partial charge in [0.2, 0.25) is 6.41 Å². The van der Waals surface area contributed by atoms with E-state index in [4.69, 9.17) is 11.2 Å². The van der Waals surface area contributed by atoms with Crippen LogP contribution in [0.1, 0.15) is 52.5 Å². The number of benzene rings is 1. The molecule has 188 valence electrons. The zero-order valence-electron chi connectivity index (χ0n) is 21.0. The standard InChI is InChI=1S/C14H16FNO2S.C4H7N.2C3H8.CH3NO/c1-19(18)12-2-3-13(14(15)10-12)11-4-6-16(7-5-11)8-9-17;1-3-4-5-2;2*1-3-2;2-1-3/h2-4,9-10H,5-8H2,1H3;1,5H,4H2,2H3;2*3H2,1-2H3;1H,(H2,2,3). The highest BCUT2D eigenvalue weighted by Gasteiger charge is 2.15. The maximum Gasteiger partial charge on any atom is 0.204 e. The third-order valence-corrected chi connectivity index (χ3v) is 4.44. The lowest BCUT2D eigenvalue weighted by atomic mass is 9.99. The van der Waals surface area contributed by atoms with Gasteiger partial charge in [-0.3, -0.25) is 13.9 Å². The Balaban J connectivity index is -0.000000531. The van der Waals surface area contributed by atoms with Crippen molar-refractivity contribution in [1.29, 1.82) is 0 Å². The van der Waals surface area contributed by atoms with Crippen LogP contribution in [0.15, 0.2) is 29.2 Å². The van der Waals surface area contributed by atoms with Gasteiger partial charge in [-0.05, 0) is 31.2 Å². The Kier molecular flexibility index (Phi) is 27.7. The Morgan fingerprint density at radius 1 is 1.24 bits per heavy atom. The molecule has 2 rings (SSSR count). The van der Waals surface area contributed by atoms with Gasteiger partial charge in [-0.1, -0.05) is 58.6 Å². The fourth-order valence-electron chi connectivity index (χ4n) is 2.26. The molecular weight excluding hydrogens is 441 g/mol. The lowest BCUT2D eigenvalue weighted by Crippen LogP contribution is -2.30. The smallest absolute Gasteiger partial charge is 0.204 e. The van der Waals surface area contributed by atoms with Crippen molar-refractivity contribution in [3.05, 3.63) is 35.7 Å². The molecule has 0 spiro atoms. The fraction of sp³-hybridized carbons (Fsp3) is 0.520. The number of carbonyl (C=O) groups excluding carboxylic acids is 2. The van der Waals surface area contributed by atoms with Gasteiger partial charge in [0.15, 0.2) is 0 Å². The van der Waals surface area contributed by atoms with Gasteiger partial charge in [-0.15, -0.1) is 6.42 Å². The summed E-state index contributed by atoms with van der Waals surface area (Å²) in [4.78, 5) is 21.5. The molecule has 0 saturated carbocycles. The molecule has 1 atom stereocenters. The largest absolute Gasteiger partial charge is 0.372 e. The molecule has 0 radical (unpaired) electrons. The Hall–Kier alpha value is -2.34. The number of nitrogens with zero attached hydrogens (tertiary/aromatic N) is 1. The second-order valence-corrected chi connectivity index (χ2v) is 8.17. The predicted octanol–water partition coefficient (Wildman–Crippen LogP) is 3.62.